The minimum Gasteiger partial charge on any atom is -0.492 e. The number of hydrogen-bond donors (Lipinski definition) is 4. The summed E-state index contributed by atoms with van der Waals surface area (Å²) in [6, 6.07) is 14.2. The monoisotopic (exact) mass is 529 g/mol. The molecule has 1 saturated heterocycles. The molecule has 0 amide bonds. The maximum absolute atomic E-state index is 12.6. The van der Waals surface area contributed by atoms with E-state index in [2.05, 4.69) is 9.62 Å². The van der Waals surface area contributed by atoms with Crippen molar-refractivity contribution in [3.05, 3.63) is 59.7 Å². The Morgan fingerprint density at radius 2 is 1.84 bits per heavy atom. The van der Waals surface area contributed by atoms with Crippen LogP contribution < -0.4 is 19.9 Å². The first-order valence-electron chi connectivity index (χ1n) is 12.8. The van der Waals surface area contributed by atoms with Crippen LogP contribution in [0, 0.1) is 10.8 Å². The van der Waals surface area contributed by atoms with Crippen molar-refractivity contribution in [2.75, 3.05) is 25.4 Å². The van der Waals surface area contributed by atoms with Crippen LogP contribution in [0.15, 0.2) is 48.5 Å². The number of amidine groups is 2. The first-order valence-corrected chi connectivity index (χ1v) is 14.4. The molecule has 0 saturated carbocycles. The smallest absolute Gasteiger partial charge is 0.211 e. The van der Waals surface area contributed by atoms with Gasteiger partial charge in [0.05, 0.1) is 17.6 Å². The standard InChI is InChI=1S/C27H39N5O4S/c1-3-4-16-37(33,34)31-23(19-35-26-7-5-6-22(18-26)27(29)30)17-21-8-10-24(11-9-21)36-25-12-14-32(15-13-25)20(2)28/h5-11,18,23,25,28,31H,3-4,12-17,19H2,1-2H3,(H3,29,30)/t23-/m0/s1. The van der Waals surface area contributed by atoms with Crippen molar-refractivity contribution >= 4 is 21.7 Å². The van der Waals surface area contributed by atoms with E-state index in [0.29, 0.717) is 30.0 Å². The number of nitrogens with two attached hydrogens (primary N) is 1. The largest absolute Gasteiger partial charge is 0.492 e. The average Bonchev–Trinajstić information content (AvgIpc) is 2.87. The second-order valence-electron chi connectivity index (χ2n) is 9.48. The molecule has 2 aromatic rings. The normalized spacial score (nSPS) is 15.2. The van der Waals surface area contributed by atoms with E-state index in [4.69, 9.17) is 26.0 Å². The highest BCUT2D eigenvalue weighted by molar-refractivity contribution is 7.89. The predicted molar refractivity (Wildman–Crippen MR) is 147 cm³/mol. The third-order valence-corrected chi connectivity index (χ3v) is 7.85. The second-order valence-corrected chi connectivity index (χ2v) is 11.4. The molecule has 0 aromatic heterocycles. The van der Waals surface area contributed by atoms with E-state index in [9.17, 15) is 8.42 Å². The molecule has 0 aliphatic carbocycles. The molecule has 1 atom stereocenters. The fourth-order valence-corrected chi connectivity index (χ4v) is 5.67. The summed E-state index contributed by atoms with van der Waals surface area (Å²) in [6.07, 6.45) is 3.71. The van der Waals surface area contributed by atoms with Gasteiger partial charge in [0.2, 0.25) is 10.0 Å². The molecule has 0 radical (unpaired) electrons. The molecule has 5 N–H and O–H groups in total. The Balaban J connectivity index is 1.63. The van der Waals surface area contributed by atoms with E-state index in [0.717, 1.165) is 43.7 Å². The summed E-state index contributed by atoms with van der Waals surface area (Å²) in [5.41, 5.74) is 7.09. The van der Waals surface area contributed by atoms with Gasteiger partial charge in [-0.1, -0.05) is 37.6 Å². The molecular formula is C27H39N5O4S. The third kappa shape index (κ3) is 9.36. The quantitative estimate of drug-likeness (QED) is 0.231. The van der Waals surface area contributed by atoms with Gasteiger partial charge in [-0.25, -0.2) is 13.1 Å². The van der Waals surface area contributed by atoms with E-state index in [-0.39, 0.29) is 24.3 Å². The van der Waals surface area contributed by atoms with Gasteiger partial charge in [0.15, 0.2) is 0 Å². The topological polar surface area (TPSA) is 142 Å². The van der Waals surface area contributed by atoms with Crippen LogP contribution in [0.2, 0.25) is 0 Å². The van der Waals surface area contributed by atoms with Crippen molar-refractivity contribution in [3.63, 3.8) is 0 Å². The van der Waals surface area contributed by atoms with Gasteiger partial charge in [0.1, 0.15) is 30.0 Å². The first kappa shape index (κ1) is 28.5. The Labute approximate surface area is 220 Å². The molecule has 202 valence electrons. The van der Waals surface area contributed by atoms with Crippen LogP contribution in [0.4, 0.5) is 0 Å². The van der Waals surface area contributed by atoms with Crippen LogP contribution in [0.25, 0.3) is 0 Å². The van der Waals surface area contributed by atoms with Crippen molar-refractivity contribution < 1.29 is 17.9 Å². The average molecular weight is 530 g/mol. The lowest BCUT2D eigenvalue weighted by molar-refractivity contribution is 0.130. The molecule has 37 heavy (non-hydrogen) atoms. The minimum absolute atomic E-state index is 0.0556. The van der Waals surface area contributed by atoms with Crippen molar-refractivity contribution in [2.24, 2.45) is 5.73 Å². The van der Waals surface area contributed by atoms with Gasteiger partial charge < -0.3 is 20.1 Å². The summed E-state index contributed by atoms with van der Waals surface area (Å²) >= 11 is 0. The number of rotatable bonds is 13. The fourth-order valence-electron chi connectivity index (χ4n) is 4.22. The molecule has 1 aliphatic rings. The molecule has 10 heteroatoms. The molecule has 2 aromatic carbocycles. The number of sulfonamides is 1. The van der Waals surface area contributed by atoms with Crippen molar-refractivity contribution in [3.8, 4) is 11.5 Å². The predicted octanol–water partition coefficient (Wildman–Crippen LogP) is 3.52. The van der Waals surface area contributed by atoms with E-state index in [1.165, 1.54) is 0 Å². The number of benzene rings is 2. The highest BCUT2D eigenvalue weighted by Crippen LogP contribution is 2.21. The second kappa shape index (κ2) is 13.4. The number of nitrogen functional groups attached to an aromatic ring is 1. The van der Waals surface area contributed by atoms with Crippen LogP contribution in [-0.2, 0) is 16.4 Å². The van der Waals surface area contributed by atoms with Gasteiger partial charge in [-0.15, -0.1) is 0 Å². The summed E-state index contributed by atoms with van der Waals surface area (Å²) in [7, 11) is -3.45. The van der Waals surface area contributed by atoms with Gasteiger partial charge >= 0.3 is 0 Å². The van der Waals surface area contributed by atoms with E-state index >= 15 is 0 Å². The van der Waals surface area contributed by atoms with E-state index < -0.39 is 16.1 Å². The number of piperidine rings is 1. The van der Waals surface area contributed by atoms with E-state index in [1.54, 1.807) is 24.3 Å². The molecule has 1 heterocycles. The van der Waals surface area contributed by atoms with Crippen molar-refractivity contribution in [2.45, 2.75) is 58.1 Å². The molecule has 3 rings (SSSR count). The molecule has 0 bridgehead atoms. The van der Waals surface area contributed by atoms with Crippen LogP contribution in [0.3, 0.4) is 0 Å². The summed E-state index contributed by atoms with van der Waals surface area (Å²) in [5.74, 6) is 1.92. The molecular weight excluding hydrogens is 490 g/mol. The number of ether oxygens (including phenoxy) is 2. The van der Waals surface area contributed by atoms with E-state index in [1.807, 2.05) is 38.1 Å². The lowest BCUT2D eigenvalue weighted by Crippen LogP contribution is -2.41. The van der Waals surface area contributed by atoms with Gasteiger partial charge in [-0.2, -0.15) is 0 Å². The SMILES string of the molecule is CCCCS(=O)(=O)N[C@H](COc1cccc(C(=N)N)c1)Cc1ccc(OC2CCN(C(C)=N)CC2)cc1. The molecule has 1 aliphatic heterocycles. The van der Waals surface area contributed by atoms with Crippen LogP contribution in [0.5, 0.6) is 11.5 Å². The fraction of sp³-hybridized carbons (Fsp3) is 0.481. The lowest BCUT2D eigenvalue weighted by atomic mass is 10.1. The molecule has 9 nitrogen and oxygen atoms in total. The molecule has 1 fully saturated rings. The Kier molecular flexibility index (Phi) is 10.3. The molecule has 0 unspecified atom stereocenters. The number of nitrogens with zero attached hydrogens (tertiary/aromatic N) is 1. The minimum atomic E-state index is -3.45. The number of nitrogens with one attached hydrogen (secondary N) is 3. The zero-order valence-electron chi connectivity index (χ0n) is 21.7. The van der Waals surface area contributed by atoms with Crippen LogP contribution in [0.1, 0.15) is 50.7 Å². The maximum atomic E-state index is 12.6. The molecule has 0 spiro atoms. The van der Waals surface area contributed by atoms with Gasteiger partial charge in [0.25, 0.3) is 0 Å². The summed E-state index contributed by atoms with van der Waals surface area (Å²) in [4.78, 5) is 2.06. The Morgan fingerprint density at radius 3 is 2.46 bits per heavy atom. The Bertz CT molecular complexity index is 1150. The highest BCUT2D eigenvalue weighted by atomic mass is 32.2. The van der Waals surface area contributed by atoms with Gasteiger partial charge in [0, 0.05) is 31.5 Å². The third-order valence-electron chi connectivity index (χ3n) is 6.33. The van der Waals surface area contributed by atoms with Gasteiger partial charge in [-0.05, 0) is 49.6 Å². The summed E-state index contributed by atoms with van der Waals surface area (Å²) < 4.78 is 40.1. The van der Waals surface area contributed by atoms with Gasteiger partial charge in [-0.3, -0.25) is 10.8 Å². The maximum Gasteiger partial charge on any atom is 0.211 e. The van der Waals surface area contributed by atoms with Crippen LogP contribution in [-0.4, -0.2) is 62.6 Å². The number of likely N-dealkylation sites (tertiary alicyclic amines) is 1. The lowest BCUT2D eigenvalue weighted by Gasteiger charge is -2.32. The van der Waals surface area contributed by atoms with Crippen molar-refractivity contribution in [1.82, 2.24) is 9.62 Å². The number of hydrogen-bond acceptors (Lipinski definition) is 6. The summed E-state index contributed by atoms with van der Waals surface area (Å²) in [6.45, 7) is 5.56. The first-order chi connectivity index (χ1) is 17.6. The Hall–Kier alpha value is -3.11. The van der Waals surface area contributed by atoms with Crippen LogP contribution >= 0.6 is 0 Å². The summed E-state index contributed by atoms with van der Waals surface area (Å²) in [5, 5.41) is 15.4. The highest BCUT2D eigenvalue weighted by Gasteiger charge is 2.22. The zero-order valence-corrected chi connectivity index (χ0v) is 22.5. The number of unbranched alkanes of at least 4 members (excludes halogenated alkanes) is 1. The zero-order chi connectivity index (χ0) is 26.8. The van der Waals surface area contributed by atoms with Crippen molar-refractivity contribution in [1.29, 1.82) is 10.8 Å². The Morgan fingerprint density at radius 1 is 1.14 bits per heavy atom.